The molecule has 7 heteroatoms. The van der Waals surface area contributed by atoms with Crippen LogP contribution in [0.3, 0.4) is 0 Å². The molecule has 2 rings (SSSR count). The summed E-state index contributed by atoms with van der Waals surface area (Å²) in [7, 11) is 0. The molecule has 0 aromatic heterocycles. The molecule has 0 spiro atoms. The van der Waals surface area contributed by atoms with Crippen LogP contribution in [-0.4, -0.2) is 24.3 Å². The smallest absolute Gasteiger partial charge is 0.387 e. The van der Waals surface area contributed by atoms with Crippen LogP contribution < -0.4 is 20.3 Å². The monoisotopic (exact) mass is 379 g/mol. The van der Waals surface area contributed by atoms with Gasteiger partial charge < -0.3 is 20.3 Å². The normalized spacial score (nSPS) is 10.7. The molecule has 0 aliphatic heterocycles. The molecule has 2 aromatic rings. The molecule has 0 fully saturated rings. The van der Waals surface area contributed by atoms with Crippen molar-refractivity contribution in [2.24, 2.45) is 0 Å². The van der Waals surface area contributed by atoms with E-state index in [1.165, 1.54) is 12.1 Å². The van der Waals surface area contributed by atoms with Gasteiger partial charge in [-0.05, 0) is 81.5 Å². The summed E-state index contributed by atoms with van der Waals surface area (Å²) in [5.74, 6) is 0.102. The molecule has 0 aliphatic carbocycles. The Hall–Kier alpha value is -2.41. The van der Waals surface area contributed by atoms with E-state index in [2.05, 4.69) is 41.0 Å². The van der Waals surface area contributed by atoms with E-state index in [4.69, 9.17) is 12.2 Å². The van der Waals surface area contributed by atoms with Crippen LogP contribution in [0.1, 0.15) is 20.8 Å². The van der Waals surface area contributed by atoms with Crippen LogP contribution in [0.2, 0.25) is 0 Å². The van der Waals surface area contributed by atoms with Crippen LogP contribution in [-0.2, 0) is 0 Å². The Kier molecular flexibility index (Phi) is 7.15. The summed E-state index contributed by atoms with van der Waals surface area (Å²) in [4.78, 5) is 2.30. The van der Waals surface area contributed by atoms with Gasteiger partial charge in [-0.2, -0.15) is 8.78 Å². The maximum atomic E-state index is 12.1. The van der Waals surface area contributed by atoms with Gasteiger partial charge in [-0.25, -0.2) is 0 Å². The Balaban J connectivity index is 1.93. The van der Waals surface area contributed by atoms with Crippen molar-refractivity contribution >= 4 is 34.4 Å². The third-order valence-corrected chi connectivity index (χ3v) is 3.96. The van der Waals surface area contributed by atoms with E-state index in [0.717, 1.165) is 17.9 Å². The summed E-state index contributed by atoms with van der Waals surface area (Å²) in [5.41, 5.74) is 2.70. The van der Waals surface area contributed by atoms with Gasteiger partial charge in [0.05, 0.1) is 0 Å². The number of hydrogen-bond donors (Lipinski definition) is 2. The van der Waals surface area contributed by atoms with Gasteiger partial charge in [-0.3, -0.25) is 0 Å². The standard InChI is InChI=1S/C19H23F2N3OS/c1-4-24(13(2)3)16-9-5-14(6-10-16)22-19(26)23-15-7-11-17(12-8-15)25-18(20)21/h5-13,18H,4H2,1-3H3,(H2,22,23,26). The molecular formula is C19H23F2N3OS. The number of rotatable bonds is 7. The maximum absolute atomic E-state index is 12.1. The van der Waals surface area contributed by atoms with Gasteiger partial charge in [-0.15, -0.1) is 0 Å². The second-order valence-corrected chi connectivity index (χ2v) is 6.32. The summed E-state index contributed by atoms with van der Waals surface area (Å²) in [6, 6.07) is 14.6. The van der Waals surface area contributed by atoms with E-state index in [9.17, 15) is 8.78 Å². The van der Waals surface area contributed by atoms with Gasteiger partial charge >= 0.3 is 6.61 Å². The van der Waals surface area contributed by atoms with E-state index < -0.39 is 6.61 Å². The molecule has 0 heterocycles. The topological polar surface area (TPSA) is 36.5 Å². The minimum atomic E-state index is -2.83. The first-order valence-corrected chi connectivity index (χ1v) is 8.79. The first kappa shape index (κ1) is 19.9. The molecule has 2 N–H and O–H groups in total. The molecule has 140 valence electrons. The van der Waals surface area contributed by atoms with Crippen LogP contribution in [0.4, 0.5) is 25.8 Å². The second-order valence-electron chi connectivity index (χ2n) is 5.91. The van der Waals surface area contributed by atoms with Crippen molar-refractivity contribution in [3.05, 3.63) is 48.5 Å². The summed E-state index contributed by atoms with van der Waals surface area (Å²) < 4.78 is 28.6. The molecule has 0 saturated carbocycles. The number of thiocarbonyl (C=S) groups is 1. The van der Waals surface area contributed by atoms with Crippen molar-refractivity contribution < 1.29 is 13.5 Å². The van der Waals surface area contributed by atoms with E-state index in [1.54, 1.807) is 12.1 Å². The van der Waals surface area contributed by atoms with Gasteiger partial charge in [-0.1, -0.05) is 0 Å². The Morgan fingerprint density at radius 3 is 1.92 bits per heavy atom. The largest absolute Gasteiger partial charge is 0.435 e. The van der Waals surface area contributed by atoms with Crippen LogP contribution >= 0.6 is 12.2 Å². The van der Waals surface area contributed by atoms with Crippen LogP contribution in [0, 0.1) is 0 Å². The highest BCUT2D eigenvalue weighted by atomic mass is 32.1. The Morgan fingerprint density at radius 1 is 1.00 bits per heavy atom. The molecule has 0 saturated heterocycles. The summed E-state index contributed by atoms with van der Waals surface area (Å²) >= 11 is 5.29. The van der Waals surface area contributed by atoms with Crippen molar-refractivity contribution in [1.82, 2.24) is 0 Å². The summed E-state index contributed by atoms with van der Waals surface area (Å²) in [6.07, 6.45) is 0. The molecule has 0 unspecified atom stereocenters. The Bertz CT molecular complexity index is 706. The number of nitrogens with zero attached hydrogens (tertiary/aromatic N) is 1. The first-order valence-electron chi connectivity index (χ1n) is 8.38. The third-order valence-electron chi connectivity index (χ3n) is 3.76. The maximum Gasteiger partial charge on any atom is 0.387 e. The zero-order chi connectivity index (χ0) is 19.1. The van der Waals surface area contributed by atoms with Gasteiger partial charge in [0.2, 0.25) is 0 Å². The fraction of sp³-hybridized carbons (Fsp3) is 0.316. The highest BCUT2D eigenvalue weighted by Gasteiger charge is 2.08. The van der Waals surface area contributed by atoms with Crippen molar-refractivity contribution in [3.8, 4) is 5.75 Å². The predicted molar refractivity (Wildman–Crippen MR) is 108 cm³/mol. The quantitative estimate of drug-likeness (QED) is 0.636. The Morgan fingerprint density at radius 2 is 1.50 bits per heavy atom. The number of anilines is 3. The molecule has 4 nitrogen and oxygen atoms in total. The number of hydrogen-bond acceptors (Lipinski definition) is 3. The summed E-state index contributed by atoms with van der Waals surface area (Å²) in [5, 5.41) is 6.52. The number of alkyl halides is 2. The minimum Gasteiger partial charge on any atom is -0.435 e. The lowest BCUT2D eigenvalue weighted by Crippen LogP contribution is -2.30. The molecule has 0 atom stereocenters. The molecule has 26 heavy (non-hydrogen) atoms. The van der Waals surface area contributed by atoms with E-state index in [0.29, 0.717) is 16.8 Å². The molecular weight excluding hydrogens is 356 g/mol. The third kappa shape index (κ3) is 5.84. The number of halogens is 2. The lowest BCUT2D eigenvalue weighted by molar-refractivity contribution is -0.0498. The van der Waals surface area contributed by atoms with Crippen LogP contribution in [0.25, 0.3) is 0 Å². The van der Waals surface area contributed by atoms with Crippen molar-refractivity contribution in [3.63, 3.8) is 0 Å². The molecule has 0 bridgehead atoms. The number of ether oxygens (including phenoxy) is 1. The second kappa shape index (κ2) is 9.33. The predicted octanol–water partition coefficient (Wildman–Crippen LogP) is 5.33. The van der Waals surface area contributed by atoms with Crippen molar-refractivity contribution in [2.75, 3.05) is 22.1 Å². The molecule has 0 amide bonds. The highest BCUT2D eigenvalue weighted by molar-refractivity contribution is 7.80. The minimum absolute atomic E-state index is 0.102. The lowest BCUT2D eigenvalue weighted by Gasteiger charge is -2.27. The van der Waals surface area contributed by atoms with Gasteiger partial charge in [0.1, 0.15) is 5.75 Å². The van der Waals surface area contributed by atoms with Crippen LogP contribution in [0.5, 0.6) is 5.75 Å². The zero-order valence-electron chi connectivity index (χ0n) is 15.0. The fourth-order valence-corrected chi connectivity index (χ4v) is 2.83. The average Bonchev–Trinajstić information content (AvgIpc) is 2.58. The molecule has 0 aliphatic rings. The SMILES string of the molecule is CCN(c1ccc(NC(=S)Nc2ccc(OC(F)F)cc2)cc1)C(C)C. The van der Waals surface area contributed by atoms with E-state index in [1.807, 2.05) is 24.3 Å². The fourth-order valence-electron chi connectivity index (χ4n) is 2.60. The van der Waals surface area contributed by atoms with Crippen molar-refractivity contribution in [2.45, 2.75) is 33.4 Å². The van der Waals surface area contributed by atoms with Gasteiger partial charge in [0, 0.05) is 29.6 Å². The number of nitrogens with one attached hydrogen (secondary N) is 2. The van der Waals surface area contributed by atoms with Crippen LogP contribution in [0.15, 0.2) is 48.5 Å². The number of benzene rings is 2. The summed E-state index contributed by atoms with van der Waals surface area (Å²) in [6.45, 7) is 4.55. The lowest BCUT2D eigenvalue weighted by atomic mass is 10.2. The molecule has 2 aromatic carbocycles. The van der Waals surface area contributed by atoms with E-state index >= 15 is 0 Å². The van der Waals surface area contributed by atoms with Crippen molar-refractivity contribution in [1.29, 1.82) is 0 Å². The first-order chi connectivity index (χ1) is 12.4. The van der Waals surface area contributed by atoms with E-state index in [-0.39, 0.29) is 5.75 Å². The average molecular weight is 379 g/mol. The molecule has 0 radical (unpaired) electrons. The zero-order valence-corrected chi connectivity index (χ0v) is 15.8. The van der Waals surface area contributed by atoms with Gasteiger partial charge in [0.15, 0.2) is 5.11 Å². The van der Waals surface area contributed by atoms with Gasteiger partial charge in [0.25, 0.3) is 0 Å². The Labute approximate surface area is 158 Å². The highest BCUT2D eigenvalue weighted by Crippen LogP contribution is 2.21.